The lowest BCUT2D eigenvalue weighted by molar-refractivity contribution is -0.123. The number of amides is 2. The van der Waals surface area contributed by atoms with Crippen LogP contribution in [0.25, 0.3) is 0 Å². The molecule has 150 valence electrons. The Hall–Kier alpha value is -2.57. The molecule has 3 rings (SSSR count). The minimum Gasteiger partial charge on any atom is -0.484 e. The van der Waals surface area contributed by atoms with Crippen molar-refractivity contribution in [2.75, 3.05) is 13.2 Å². The van der Waals surface area contributed by atoms with Crippen LogP contribution in [0.3, 0.4) is 0 Å². The summed E-state index contributed by atoms with van der Waals surface area (Å²) in [5, 5.41) is 5.79. The van der Waals surface area contributed by atoms with E-state index in [2.05, 4.69) is 10.6 Å². The lowest BCUT2D eigenvalue weighted by Crippen LogP contribution is -2.30. The maximum atomic E-state index is 12.1. The Morgan fingerprint density at radius 2 is 1.64 bits per heavy atom. The van der Waals surface area contributed by atoms with E-state index in [1.165, 1.54) is 0 Å². The highest BCUT2D eigenvalue weighted by molar-refractivity contribution is 5.94. The fraction of sp³-hybridized carbons (Fsp3) is 0.333. The molecule has 6 nitrogen and oxygen atoms in total. The topological polar surface area (TPSA) is 93.5 Å². The quantitative estimate of drug-likeness (QED) is 0.598. The second kappa shape index (κ2) is 10.7. The zero-order valence-corrected chi connectivity index (χ0v) is 16.5. The highest BCUT2D eigenvalue weighted by Gasteiger charge is 2.23. The van der Waals surface area contributed by atoms with Gasteiger partial charge in [0.1, 0.15) is 5.75 Å². The molecule has 0 unspecified atom stereocenters. The van der Waals surface area contributed by atoms with Crippen LogP contribution in [0.4, 0.5) is 0 Å². The van der Waals surface area contributed by atoms with E-state index in [0.717, 1.165) is 30.4 Å². The van der Waals surface area contributed by atoms with Crippen molar-refractivity contribution in [1.29, 1.82) is 0 Å². The van der Waals surface area contributed by atoms with Crippen molar-refractivity contribution in [3.63, 3.8) is 0 Å². The Morgan fingerprint density at radius 1 is 1.00 bits per heavy atom. The minimum atomic E-state index is -0.0970. The standard InChI is InChI=1S/C21H25N3O3.ClH/c22-13-16-1-5-17(6-2-16)21(26)23-12-11-15-3-9-19(10-4-15)27-14-20(25)24-18-7-8-18;/h1-6,9-10,18H,7-8,11-14,22H2,(H,23,26)(H,24,25);1H. The number of carbonyl (C=O) groups excluding carboxylic acids is 2. The van der Waals surface area contributed by atoms with Gasteiger partial charge in [-0.15, -0.1) is 12.4 Å². The van der Waals surface area contributed by atoms with Crippen molar-refractivity contribution in [2.24, 2.45) is 5.73 Å². The van der Waals surface area contributed by atoms with Gasteiger partial charge in [-0.3, -0.25) is 9.59 Å². The molecule has 2 amide bonds. The Balaban J connectivity index is 0.00000280. The molecule has 0 heterocycles. The summed E-state index contributed by atoms with van der Waals surface area (Å²) in [4.78, 5) is 23.7. The van der Waals surface area contributed by atoms with E-state index in [1.54, 1.807) is 12.1 Å². The van der Waals surface area contributed by atoms with Crippen LogP contribution >= 0.6 is 12.4 Å². The van der Waals surface area contributed by atoms with Crippen LogP contribution in [0.2, 0.25) is 0 Å². The predicted octanol–water partition coefficient (Wildman–Crippen LogP) is 2.20. The van der Waals surface area contributed by atoms with Crippen LogP contribution in [-0.2, 0) is 17.8 Å². The Morgan fingerprint density at radius 3 is 2.25 bits per heavy atom. The van der Waals surface area contributed by atoms with Crippen LogP contribution in [0, 0.1) is 0 Å². The lowest BCUT2D eigenvalue weighted by atomic mass is 10.1. The van der Waals surface area contributed by atoms with Gasteiger partial charge in [-0.25, -0.2) is 0 Å². The second-order valence-electron chi connectivity index (χ2n) is 6.68. The Kier molecular flexibility index (Phi) is 8.29. The van der Waals surface area contributed by atoms with E-state index in [9.17, 15) is 9.59 Å². The molecule has 2 aromatic rings. The smallest absolute Gasteiger partial charge is 0.258 e. The van der Waals surface area contributed by atoms with Gasteiger partial charge in [0, 0.05) is 24.7 Å². The highest BCUT2D eigenvalue weighted by atomic mass is 35.5. The average Bonchev–Trinajstić information content (AvgIpc) is 3.51. The molecule has 0 atom stereocenters. The molecule has 0 aromatic heterocycles. The number of nitrogens with one attached hydrogen (secondary N) is 2. The van der Waals surface area contributed by atoms with Crippen LogP contribution in [0.5, 0.6) is 5.75 Å². The van der Waals surface area contributed by atoms with Gasteiger partial charge in [0.05, 0.1) is 0 Å². The number of hydrogen-bond donors (Lipinski definition) is 3. The van der Waals surface area contributed by atoms with Crippen molar-refractivity contribution < 1.29 is 14.3 Å². The van der Waals surface area contributed by atoms with Crippen molar-refractivity contribution in [2.45, 2.75) is 31.8 Å². The minimum absolute atomic E-state index is 0. The van der Waals surface area contributed by atoms with E-state index in [0.29, 0.717) is 30.4 Å². The Bertz CT molecular complexity index is 774. The molecule has 7 heteroatoms. The molecule has 0 saturated heterocycles. The van der Waals surface area contributed by atoms with Crippen molar-refractivity contribution in [3.05, 3.63) is 65.2 Å². The van der Waals surface area contributed by atoms with E-state index >= 15 is 0 Å². The number of carbonyl (C=O) groups is 2. The van der Waals surface area contributed by atoms with Gasteiger partial charge < -0.3 is 21.1 Å². The molecule has 1 aliphatic carbocycles. The number of ether oxygens (including phenoxy) is 1. The van der Waals surface area contributed by atoms with E-state index in [-0.39, 0.29) is 30.8 Å². The maximum Gasteiger partial charge on any atom is 0.258 e. The van der Waals surface area contributed by atoms with Crippen molar-refractivity contribution in [1.82, 2.24) is 10.6 Å². The van der Waals surface area contributed by atoms with Gasteiger partial charge in [0.2, 0.25) is 0 Å². The summed E-state index contributed by atoms with van der Waals surface area (Å²) in [6.07, 6.45) is 2.85. The summed E-state index contributed by atoms with van der Waals surface area (Å²) < 4.78 is 5.48. The first-order valence-corrected chi connectivity index (χ1v) is 9.22. The largest absolute Gasteiger partial charge is 0.484 e. The van der Waals surface area contributed by atoms with Gasteiger partial charge in [-0.05, 0) is 54.7 Å². The van der Waals surface area contributed by atoms with Gasteiger partial charge in [0.15, 0.2) is 6.61 Å². The number of hydrogen-bond acceptors (Lipinski definition) is 4. The zero-order valence-electron chi connectivity index (χ0n) is 15.6. The van der Waals surface area contributed by atoms with Crippen LogP contribution < -0.4 is 21.1 Å². The third-order valence-corrected chi connectivity index (χ3v) is 4.39. The fourth-order valence-electron chi connectivity index (χ4n) is 2.61. The van der Waals surface area contributed by atoms with E-state index < -0.39 is 0 Å². The molecule has 1 fully saturated rings. The summed E-state index contributed by atoms with van der Waals surface area (Å²) >= 11 is 0. The number of halogens is 1. The molecule has 0 radical (unpaired) electrons. The number of rotatable bonds is 9. The van der Waals surface area contributed by atoms with Crippen LogP contribution in [0.15, 0.2) is 48.5 Å². The molecular formula is C21H26ClN3O3. The van der Waals surface area contributed by atoms with E-state index in [4.69, 9.17) is 10.5 Å². The van der Waals surface area contributed by atoms with Crippen molar-refractivity contribution >= 4 is 24.2 Å². The van der Waals surface area contributed by atoms with Gasteiger partial charge in [-0.1, -0.05) is 24.3 Å². The molecular weight excluding hydrogens is 378 g/mol. The Labute approximate surface area is 171 Å². The lowest BCUT2D eigenvalue weighted by Gasteiger charge is -2.08. The highest BCUT2D eigenvalue weighted by Crippen LogP contribution is 2.18. The molecule has 0 bridgehead atoms. The molecule has 2 aromatic carbocycles. The third-order valence-electron chi connectivity index (χ3n) is 4.39. The first kappa shape index (κ1) is 21.7. The fourth-order valence-corrected chi connectivity index (χ4v) is 2.61. The summed E-state index contributed by atoms with van der Waals surface area (Å²) in [7, 11) is 0. The summed E-state index contributed by atoms with van der Waals surface area (Å²) in [5.41, 5.74) is 8.27. The second-order valence-corrected chi connectivity index (χ2v) is 6.68. The summed E-state index contributed by atoms with van der Waals surface area (Å²) in [6.45, 7) is 1.04. The van der Waals surface area contributed by atoms with Gasteiger partial charge >= 0.3 is 0 Å². The molecule has 0 aliphatic heterocycles. The first-order valence-electron chi connectivity index (χ1n) is 9.22. The van der Waals surface area contributed by atoms with E-state index in [1.807, 2.05) is 36.4 Å². The summed E-state index contributed by atoms with van der Waals surface area (Å²) in [6, 6.07) is 15.2. The summed E-state index contributed by atoms with van der Waals surface area (Å²) in [5.74, 6) is 0.484. The maximum absolute atomic E-state index is 12.1. The third kappa shape index (κ3) is 6.87. The normalized spacial score (nSPS) is 12.6. The monoisotopic (exact) mass is 403 g/mol. The molecule has 4 N–H and O–H groups in total. The molecule has 28 heavy (non-hydrogen) atoms. The van der Waals surface area contributed by atoms with Gasteiger partial charge in [-0.2, -0.15) is 0 Å². The number of benzene rings is 2. The SMILES string of the molecule is Cl.NCc1ccc(C(=O)NCCc2ccc(OCC(=O)NC3CC3)cc2)cc1. The number of nitrogens with two attached hydrogens (primary N) is 1. The van der Waals surface area contributed by atoms with Crippen LogP contribution in [0.1, 0.15) is 34.3 Å². The molecule has 0 spiro atoms. The average molecular weight is 404 g/mol. The molecule has 1 aliphatic rings. The van der Waals surface area contributed by atoms with Crippen molar-refractivity contribution in [3.8, 4) is 5.75 Å². The molecule has 1 saturated carbocycles. The first-order chi connectivity index (χ1) is 13.1. The predicted molar refractivity (Wildman–Crippen MR) is 111 cm³/mol. The zero-order chi connectivity index (χ0) is 19.1. The van der Waals surface area contributed by atoms with Gasteiger partial charge in [0.25, 0.3) is 11.8 Å². The van der Waals surface area contributed by atoms with Crippen LogP contribution in [-0.4, -0.2) is 31.0 Å².